The number of nitrogens with zero attached hydrogens (tertiary/aromatic N) is 5. The van der Waals surface area contributed by atoms with E-state index in [2.05, 4.69) is 62.9 Å². The molecule has 5 nitrogen and oxygen atoms in total. The summed E-state index contributed by atoms with van der Waals surface area (Å²) in [6.45, 7) is 0.984. The summed E-state index contributed by atoms with van der Waals surface area (Å²) >= 11 is 0. The molecule has 1 unspecified atom stereocenters. The van der Waals surface area contributed by atoms with E-state index in [9.17, 15) is 0 Å². The van der Waals surface area contributed by atoms with E-state index in [1.54, 1.807) is 0 Å². The molecule has 2 aliphatic heterocycles. The van der Waals surface area contributed by atoms with Gasteiger partial charge in [0.25, 0.3) is 0 Å². The van der Waals surface area contributed by atoms with Crippen molar-refractivity contribution in [3.05, 3.63) is 59.7 Å². The van der Waals surface area contributed by atoms with Crippen LogP contribution in [-0.4, -0.2) is 26.8 Å². The Balaban J connectivity index is 1.82. The number of fused-ring (bicyclic) bond motifs is 8. The summed E-state index contributed by atoms with van der Waals surface area (Å²) in [5.41, 5.74) is 5.02. The van der Waals surface area contributed by atoms with Crippen molar-refractivity contribution in [2.75, 3.05) is 11.4 Å². The van der Waals surface area contributed by atoms with Gasteiger partial charge < -0.3 is 4.90 Å². The average molecular weight is 275 g/mol. The molecule has 0 saturated heterocycles. The van der Waals surface area contributed by atoms with Crippen LogP contribution in [0.3, 0.4) is 0 Å². The second-order valence-electron chi connectivity index (χ2n) is 5.48. The molecule has 1 aromatic heterocycles. The molecule has 102 valence electrons. The highest BCUT2D eigenvalue weighted by molar-refractivity contribution is 5.77. The minimum atomic E-state index is 0.0647. The third-order valence-electron chi connectivity index (χ3n) is 4.43. The topological polar surface area (TPSA) is 46.8 Å². The molecule has 3 aromatic rings. The quantitative estimate of drug-likeness (QED) is 0.631. The SMILES string of the molecule is c1ccc2c(c1)CCN1c3ccccc3-c3nnnn3C21. The lowest BCUT2D eigenvalue weighted by atomic mass is 9.94. The zero-order valence-corrected chi connectivity index (χ0v) is 11.3. The second-order valence-corrected chi connectivity index (χ2v) is 5.48. The van der Waals surface area contributed by atoms with Crippen molar-refractivity contribution >= 4 is 5.69 Å². The largest absolute Gasteiger partial charge is 0.345 e. The predicted molar refractivity (Wildman–Crippen MR) is 78.9 cm³/mol. The van der Waals surface area contributed by atoms with Gasteiger partial charge in [0.15, 0.2) is 12.0 Å². The van der Waals surface area contributed by atoms with Gasteiger partial charge in [-0.2, -0.15) is 4.68 Å². The van der Waals surface area contributed by atoms with Gasteiger partial charge in [0.05, 0.1) is 0 Å². The van der Waals surface area contributed by atoms with Crippen molar-refractivity contribution < 1.29 is 0 Å². The van der Waals surface area contributed by atoms with Crippen molar-refractivity contribution in [3.8, 4) is 11.4 Å². The molecule has 0 spiro atoms. The Kier molecular flexibility index (Phi) is 2.05. The molecule has 0 aliphatic carbocycles. The summed E-state index contributed by atoms with van der Waals surface area (Å²) in [4.78, 5) is 2.40. The van der Waals surface area contributed by atoms with E-state index < -0.39 is 0 Å². The zero-order chi connectivity index (χ0) is 13.8. The van der Waals surface area contributed by atoms with E-state index in [0.717, 1.165) is 24.4 Å². The molecular formula is C16H13N5. The van der Waals surface area contributed by atoms with Gasteiger partial charge in [-0.25, -0.2) is 0 Å². The number of para-hydroxylation sites is 1. The second kappa shape index (κ2) is 3.91. The molecule has 1 atom stereocenters. The van der Waals surface area contributed by atoms with Gasteiger partial charge in [0, 0.05) is 17.8 Å². The van der Waals surface area contributed by atoms with Crippen molar-refractivity contribution in [3.63, 3.8) is 0 Å². The first kappa shape index (κ1) is 11.0. The van der Waals surface area contributed by atoms with Gasteiger partial charge in [0.2, 0.25) is 0 Å². The lowest BCUT2D eigenvalue weighted by Gasteiger charge is -2.42. The van der Waals surface area contributed by atoms with Crippen LogP contribution in [0.4, 0.5) is 5.69 Å². The molecule has 21 heavy (non-hydrogen) atoms. The van der Waals surface area contributed by atoms with Gasteiger partial charge in [-0.3, -0.25) is 0 Å². The first-order chi connectivity index (χ1) is 10.4. The number of benzene rings is 2. The highest BCUT2D eigenvalue weighted by Crippen LogP contribution is 2.43. The maximum absolute atomic E-state index is 4.25. The van der Waals surface area contributed by atoms with Gasteiger partial charge >= 0.3 is 0 Å². The number of aromatic nitrogens is 4. The van der Waals surface area contributed by atoms with E-state index in [1.165, 1.54) is 16.8 Å². The Morgan fingerprint density at radius 1 is 1.00 bits per heavy atom. The normalized spacial score (nSPS) is 18.5. The maximum Gasteiger partial charge on any atom is 0.186 e. The van der Waals surface area contributed by atoms with Crippen LogP contribution in [0.25, 0.3) is 11.4 Å². The van der Waals surface area contributed by atoms with Crippen LogP contribution in [0.1, 0.15) is 17.3 Å². The Morgan fingerprint density at radius 2 is 1.86 bits per heavy atom. The van der Waals surface area contributed by atoms with Gasteiger partial charge in [-0.1, -0.05) is 36.4 Å². The number of anilines is 1. The summed E-state index contributed by atoms with van der Waals surface area (Å²) < 4.78 is 1.94. The molecule has 0 N–H and O–H groups in total. The molecule has 2 aromatic carbocycles. The minimum Gasteiger partial charge on any atom is -0.345 e. The van der Waals surface area contributed by atoms with Crippen LogP contribution < -0.4 is 4.90 Å². The standard InChI is InChI=1S/C16H13N5/c1-2-6-12-11(5-1)9-10-20-14-8-4-3-7-13(14)15-17-18-19-21(15)16(12)20/h1-8,16H,9-10H2. The van der Waals surface area contributed by atoms with Crippen LogP contribution in [0.5, 0.6) is 0 Å². The van der Waals surface area contributed by atoms with E-state index in [1.807, 2.05) is 10.7 Å². The van der Waals surface area contributed by atoms with Crippen LogP contribution >= 0.6 is 0 Å². The van der Waals surface area contributed by atoms with Crippen molar-refractivity contribution in [2.45, 2.75) is 12.6 Å². The predicted octanol–water partition coefficient (Wildman–Crippen LogP) is 2.26. The zero-order valence-electron chi connectivity index (χ0n) is 11.3. The highest BCUT2D eigenvalue weighted by Gasteiger charge is 2.37. The lowest BCUT2D eigenvalue weighted by Crippen LogP contribution is -2.42. The van der Waals surface area contributed by atoms with Crippen LogP contribution in [0.15, 0.2) is 48.5 Å². The Labute approximate surface area is 121 Å². The average Bonchev–Trinajstić information content (AvgIpc) is 3.04. The van der Waals surface area contributed by atoms with E-state index >= 15 is 0 Å². The number of hydrogen-bond acceptors (Lipinski definition) is 4. The first-order valence-corrected chi connectivity index (χ1v) is 7.15. The first-order valence-electron chi connectivity index (χ1n) is 7.15. The summed E-state index contributed by atoms with van der Waals surface area (Å²) in [6, 6.07) is 17.0. The fraction of sp³-hybridized carbons (Fsp3) is 0.188. The summed E-state index contributed by atoms with van der Waals surface area (Å²) in [7, 11) is 0. The molecule has 0 fully saturated rings. The molecule has 5 rings (SSSR count). The third kappa shape index (κ3) is 1.38. The van der Waals surface area contributed by atoms with Crippen LogP contribution in [-0.2, 0) is 6.42 Å². The number of hydrogen-bond donors (Lipinski definition) is 0. The molecule has 5 heteroatoms. The third-order valence-corrected chi connectivity index (χ3v) is 4.43. The molecular weight excluding hydrogens is 262 g/mol. The lowest BCUT2D eigenvalue weighted by molar-refractivity contribution is 0.454. The maximum atomic E-state index is 4.25. The van der Waals surface area contributed by atoms with E-state index in [0.29, 0.717) is 0 Å². The number of tetrazole rings is 1. The van der Waals surface area contributed by atoms with Crippen molar-refractivity contribution in [1.29, 1.82) is 0 Å². The molecule has 0 saturated carbocycles. The summed E-state index contributed by atoms with van der Waals surface area (Å²) in [5, 5.41) is 12.4. The molecule has 3 heterocycles. The smallest absolute Gasteiger partial charge is 0.186 e. The van der Waals surface area contributed by atoms with E-state index in [-0.39, 0.29) is 6.17 Å². The minimum absolute atomic E-state index is 0.0647. The molecule has 0 bridgehead atoms. The van der Waals surface area contributed by atoms with Crippen molar-refractivity contribution in [1.82, 2.24) is 20.2 Å². The molecule has 0 amide bonds. The summed E-state index contributed by atoms with van der Waals surface area (Å²) in [6.07, 6.45) is 1.12. The summed E-state index contributed by atoms with van der Waals surface area (Å²) in [5.74, 6) is 0.851. The van der Waals surface area contributed by atoms with Crippen LogP contribution in [0, 0.1) is 0 Å². The highest BCUT2D eigenvalue weighted by atomic mass is 15.6. The monoisotopic (exact) mass is 275 g/mol. The Morgan fingerprint density at radius 3 is 2.86 bits per heavy atom. The Bertz CT molecular complexity index is 838. The van der Waals surface area contributed by atoms with Crippen molar-refractivity contribution in [2.24, 2.45) is 0 Å². The fourth-order valence-corrected chi connectivity index (χ4v) is 3.51. The van der Waals surface area contributed by atoms with Crippen LogP contribution in [0.2, 0.25) is 0 Å². The van der Waals surface area contributed by atoms with Gasteiger partial charge in [-0.05, 0) is 40.1 Å². The van der Waals surface area contributed by atoms with Gasteiger partial charge in [-0.15, -0.1) is 5.10 Å². The van der Waals surface area contributed by atoms with Gasteiger partial charge in [0.1, 0.15) is 0 Å². The molecule has 2 aliphatic rings. The fourth-order valence-electron chi connectivity index (χ4n) is 3.51. The Hall–Kier alpha value is -2.69. The number of rotatable bonds is 0. The molecule has 0 radical (unpaired) electrons. The van der Waals surface area contributed by atoms with E-state index in [4.69, 9.17) is 0 Å².